The van der Waals surface area contributed by atoms with Gasteiger partial charge in [0, 0.05) is 0 Å². The van der Waals surface area contributed by atoms with E-state index >= 15 is 0 Å². The van der Waals surface area contributed by atoms with Crippen molar-refractivity contribution in [2.24, 2.45) is 0 Å². The van der Waals surface area contributed by atoms with Crippen molar-refractivity contribution < 1.29 is 9.50 Å². The number of hydrogen-bond acceptors (Lipinski definition) is 2. The maximum atomic E-state index is 12.9. The third-order valence-corrected chi connectivity index (χ3v) is 1.41. The molecule has 1 aromatic carbocycles. The Morgan fingerprint density at radius 1 is 1.50 bits per heavy atom. The highest BCUT2D eigenvalue weighted by Gasteiger charge is 1.98. The van der Waals surface area contributed by atoms with E-state index in [1.807, 2.05) is 0 Å². The minimum atomic E-state index is -0.429. The van der Waals surface area contributed by atoms with Crippen molar-refractivity contribution in [3.63, 3.8) is 0 Å². The minimum Gasteiger partial charge on any atom is -0.508 e. The zero-order chi connectivity index (χ0) is 8.97. The van der Waals surface area contributed by atoms with Crippen LogP contribution in [0.2, 0.25) is 0 Å². The van der Waals surface area contributed by atoms with Crippen molar-refractivity contribution in [3.05, 3.63) is 29.6 Å². The molecule has 12 heavy (non-hydrogen) atoms. The topological polar surface area (TPSA) is 20.2 Å². The fourth-order valence-corrected chi connectivity index (χ4v) is 0.823. The van der Waals surface area contributed by atoms with Gasteiger partial charge >= 0.3 is 0 Å². The third kappa shape index (κ3) is 2.18. The highest BCUT2D eigenvalue weighted by Crippen LogP contribution is 2.13. The first-order valence-corrected chi connectivity index (χ1v) is 3.95. The van der Waals surface area contributed by atoms with Crippen LogP contribution >= 0.6 is 12.6 Å². The molecule has 0 heterocycles. The summed E-state index contributed by atoms with van der Waals surface area (Å²) in [6.07, 6.45) is 0. The fraction of sp³-hybridized carbons (Fsp3) is 0.111. The average molecular weight is 182 g/mol. The number of aromatic hydroxyl groups is 1. The summed E-state index contributed by atoms with van der Waals surface area (Å²) in [5.41, 5.74) is 0.198. The van der Waals surface area contributed by atoms with E-state index in [0.717, 1.165) is 0 Å². The molecule has 0 unspecified atom stereocenters. The Balaban J connectivity index is 3.05. The molecule has 0 radical (unpaired) electrons. The second-order valence-corrected chi connectivity index (χ2v) is 2.44. The summed E-state index contributed by atoms with van der Waals surface area (Å²) in [5.74, 6) is 5.09. The summed E-state index contributed by atoms with van der Waals surface area (Å²) in [7, 11) is 0. The van der Waals surface area contributed by atoms with Gasteiger partial charge < -0.3 is 5.11 Å². The Kier molecular flexibility index (Phi) is 3.01. The third-order valence-electron chi connectivity index (χ3n) is 1.25. The maximum Gasteiger partial charge on any atom is 0.139 e. The van der Waals surface area contributed by atoms with Gasteiger partial charge in [0.2, 0.25) is 0 Å². The van der Waals surface area contributed by atoms with Gasteiger partial charge in [-0.25, -0.2) is 4.39 Å². The lowest BCUT2D eigenvalue weighted by atomic mass is 10.2. The lowest BCUT2D eigenvalue weighted by molar-refractivity contribution is 0.472. The molecular formula is C9H7FOS. The summed E-state index contributed by atoms with van der Waals surface area (Å²) in [4.78, 5) is 0. The lowest BCUT2D eigenvalue weighted by Gasteiger charge is -1.94. The Morgan fingerprint density at radius 2 is 2.25 bits per heavy atom. The van der Waals surface area contributed by atoms with Crippen LogP contribution in [0.15, 0.2) is 18.2 Å². The largest absolute Gasteiger partial charge is 0.508 e. The van der Waals surface area contributed by atoms with E-state index in [-0.39, 0.29) is 11.3 Å². The first kappa shape index (κ1) is 8.95. The molecule has 0 aliphatic rings. The summed E-state index contributed by atoms with van der Waals surface area (Å²) < 4.78 is 12.9. The molecule has 0 aromatic heterocycles. The molecule has 0 atom stereocenters. The number of phenolic OH excluding ortho intramolecular Hbond substituents is 1. The first-order chi connectivity index (χ1) is 5.74. The summed E-state index contributed by atoms with van der Waals surface area (Å²) >= 11 is 3.85. The van der Waals surface area contributed by atoms with Crippen molar-refractivity contribution in [1.29, 1.82) is 0 Å². The molecule has 0 saturated carbocycles. The summed E-state index contributed by atoms with van der Waals surface area (Å²) in [6, 6.07) is 3.74. The zero-order valence-corrected chi connectivity index (χ0v) is 7.11. The monoisotopic (exact) mass is 182 g/mol. The van der Waals surface area contributed by atoms with Crippen LogP contribution in [0.25, 0.3) is 0 Å². The Morgan fingerprint density at radius 3 is 2.92 bits per heavy atom. The summed E-state index contributed by atoms with van der Waals surface area (Å²) in [6.45, 7) is 0. The SMILES string of the molecule is Oc1ccc(F)c(C#CCS)c1. The standard InChI is InChI=1S/C9H7FOS/c10-9-4-3-8(11)6-7(9)2-1-5-12/h3-4,6,11-12H,5H2. The van der Waals surface area contributed by atoms with Crippen molar-refractivity contribution in [3.8, 4) is 17.6 Å². The molecule has 3 heteroatoms. The number of rotatable bonds is 0. The zero-order valence-electron chi connectivity index (χ0n) is 6.21. The number of phenols is 1. The molecule has 1 aromatic rings. The Labute approximate surface area is 75.6 Å². The van der Waals surface area contributed by atoms with Crippen molar-refractivity contribution in [1.82, 2.24) is 0 Å². The van der Waals surface area contributed by atoms with Crippen LogP contribution < -0.4 is 0 Å². The van der Waals surface area contributed by atoms with E-state index in [1.54, 1.807) is 0 Å². The molecule has 0 aliphatic heterocycles. The predicted octanol–water partition coefficient (Wildman–Crippen LogP) is 1.81. The Bertz CT molecular complexity index is 338. The van der Waals surface area contributed by atoms with Crippen LogP contribution in [-0.2, 0) is 0 Å². The molecule has 1 nitrogen and oxygen atoms in total. The number of hydrogen-bond donors (Lipinski definition) is 2. The molecule has 0 aliphatic carbocycles. The lowest BCUT2D eigenvalue weighted by Crippen LogP contribution is -1.82. The van der Waals surface area contributed by atoms with Crippen molar-refractivity contribution >= 4 is 12.6 Å². The number of thiol groups is 1. The number of halogens is 1. The van der Waals surface area contributed by atoms with E-state index in [1.165, 1.54) is 18.2 Å². The minimum absolute atomic E-state index is 0.0138. The Hall–Kier alpha value is -1.14. The second-order valence-electron chi connectivity index (χ2n) is 2.12. The van der Waals surface area contributed by atoms with Crippen LogP contribution in [0.1, 0.15) is 5.56 Å². The van der Waals surface area contributed by atoms with Gasteiger partial charge in [0.25, 0.3) is 0 Å². The van der Waals surface area contributed by atoms with E-state index < -0.39 is 5.82 Å². The van der Waals surface area contributed by atoms with Gasteiger partial charge in [-0.1, -0.05) is 11.8 Å². The van der Waals surface area contributed by atoms with Gasteiger partial charge in [-0.15, -0.1) is 0 Å². The van der Waals surface area contributed by atoms with Gasteiger partial charge in [0.15, 0.2) is 0 Å². The normalized spacial score (nSPS) is 8.83. The molecule has 0 saturated heterocycles. The average Bonchev–Trinajstić information content (AvgIpc) is 2.07. The van der Waals surface area contributed by atoms with Crippen LogP contribution in [0, 0.1) is 17.7 Å². The molecule has 1 N–H and O–H groups in total. The van der Waals surface area contributed by atoms with Crippen molar-refractivity contribution in [2.45, 2.75) is 0 Å². The predicted molar refractivity (Wildman–Crippen MR) is 48.8 cm³/mol. The molecular weight excluding hydrogens is 175 g/mol. The van der Waals surface area contributed by atoms with Crippen LogP contribution in [0.4, 0.5) is 4.39 Å². The van der Waals surface area contributed by atoms with Crippen LogP contribution in [-0.4, -0.2) is 10.9 Å². The number of benzene rings is 1. The fourth-order valence-electron chi connectivity index (χ4n) is 0.744. The second kappa shape index (κ2) is 4.03. The van der Waals surface area contributed by atoms with Gasteiger partial charge in [-0.05, 0) is 18.2 Å². The molecule has 0 spiro atoms. The van der Waals surface area contributed by atoms with E-state index in [2.05, 4.69) is 24.5 Å². The van der Waals surface area contributed by atoms with E-state index in [9.17, 15) is 4.39 Å². The van der Waals surface area contributed by atoms with E-state index in [0.29, 0.717) is 5.75 Å². The molecule has 0 amide bonds. The maximum absolute atomic E-state index is 12.9. The van der Waals surface area contributed by atoms with Gasteiger partial charge in [0.05, 0.1) is 11.3 Å². The molecule has 0 bridgehead atoms. The smallest absolute Gasteiger partial charge is 0.139 e. The van der Waals surface area contributed by atoms with Gasteiger partial charge in [0.1, 0.15) is 11.6 Å². The van der Waals surface area contributed by atoms with Gasteiger partial charge in [-0.2, -0.15) is 12.6 Å². The van der Waals surface area contributed by atoms with Gasteiger partial charge in [-0.3, -0.25) is 0 Å². The molecule has 1 rings (SSSR count). The van der Waals surface area contributed by atoms with E-state index in [4.69, 9.17) is 5.11 Å². The van der Waals surface area contributed by atoms with Crippen LogP contribution in [0.3, 0.4) is 0 Å². The first-order valence-electron chi connectivity index (χ1n) is 3.32. The molecule has 0 fully saturated rings. The highest BCUT2D eigenvalue weighted by atomic mass is 32.1. The van der Waals surface area contributed by atoms with Crippen molar-refractivity contribution in [2.75, 3.05) is 5.75 Å². The molecule has 62 valence electrons. The quantitative estimate of drug-likeness (QED) is 0.463. The summed E-state index contributed by atoms with van der Waals surface area (Å²) in [5, 5.41) is 8.98. The highest BCUT2D eigenvalue weighted by molar-refractivity contribution is 7.80. The van der Waals surface area contributed by atoms with Crippen LogP contribution in [0.5, 0.6) is 5.75 Å².